The maximum atomic E-state index is 4.87. The first-order valence-corrected chi connectivity index (χ1v) is 8.03. The van der Waals surface area contributed by atoms with Crippen molar-refractivity contribution in [3.63, 3.8) is 0 Å². The van der Waals surface area contributed by atoms with E-state index in [0.29, 0.717) is 11.5 Å². The quantitative estimate of drug-likeness (QED) is 0.944. The second-order valence-corrected chi connectivity index (χ2v) is 7.39. The second kappa shape index (κ2) is 4.97. The number of aromatic nitrogens is 3. The van der Waals surface area contributed by atoms with Gasteiger partial charge in [0.1, 0.15) is 10.7 Å². The van der Waals surface area contributed by atoms with Crippen LogP contribution in [0, 0.1) is 5.41 Å². The van der Waals surface area contributed by atoms with Crippen LogP contribution >= 0.6 is 11.3 Å². The van der Waals surface area contributed by atoms with E-state index in [1.165, 1.54) is 17.0 Å². The van der Waals surface area contributed by atoms with Gasteiger partial charge in [-0.2, -0.15) is 5.10 Å². The Morgan fingerprint density at radius 1 is 1.50 bits per heavy atom. The number of fused-ring (bicyclic) bond motifs is 1. The highest BCUT2D eigenvalue weighted by Gasteiger charge is 2.34. The van der Waals surface area contributed by atoms with Crippen LogP contribution in [0.4, 0.5) is 0 Å². The first-order chi connectivity index (χ1) is 9.48. The summed E-state index contributed by atoms with van der Waals surface area (Å²) >= 11 is 1.80. The highest BCUT2D eigenvalue weighted by molar-refractivity contribution is 7.15. The molecule has 0 spiro atoms. The highest BCUT2D eigenvalue weighted by atomic mass is 32.1. The molecule has 1 aliphatic carbocycles. The third kappa shape index (κ3) is 2.52. The number of rotatable bonds is 3. The number of hydrogen-bond acceptors (Lipinski definition) is 4. The van der Waals surface area contributed by atoms with Gasteiger partial charge in [0.25, 0.3) is 0 Å². The third-order valence-corrected chi connectivity index (χ3v) is 5.06. The molecule has 0 aromatic carbocycles. The van der Waals surface area contributed by atoms with E-state index in [0.717, 1.165) is 23.7 Å². The molecule has 1 N–H and O–H groups in total. The van der Waals surface area contributed by atoms with Crippen LogP contribution in [0.1, 0.15) is 43.8 Å². The van der Waals surface area contributed by atoms with Crippen molar-refractivity contribution in [2.75, 3.05) is 6.54 Å². The first-order valence-electron chi connectivity index (χ1n) is 7.21. The Balaban J connectivity index is 1.99. The lowest BCUT2D eigenvalue weighted by atomic mass is 9.76. The normalized spacial score (nSPS) is 20.9. The molecular formula is C15H22N4S. The molecule has 0 saturated carbocycles. The highest BCUT2D eigenvalue weighted by Crippen LogP contribution is 2.44. The van der Waals surface area contributed by atoms with E-state index >= 15 is 0 Å². The number of hydrogen-bond donors (Lipinski definition) is 1. The van der Waals surface area contributed by atoms with Gasteiger partial charge in [-0.25, -0.2) is 4.98 Å². The molecule has 0 saturated heterocycles. The van der Waals surface area contributed by atoms with Gasteiger partial charge in [-0.1, -0.05) is 20.8 Å². The SMILES string of the molecule is CCNC1CC(C)(C)Cc2nc(-c3ccn(C)n3)sc21. The smallest absolute Gasteiger partial charge is 0.144 e. The van der Waals surface area contributed by atoms with Crippen molar-refractivity contribution in [2.45, 2.75) is 39.7 Å². The zero-order valence-corrected chi connectivity index (χ0v) is 13.4. The number of nitrogens with one attached hydrogen (secondary N) is 1. The van der Waals surface area contributed by atoms with Gasteiger partial charge in [0.2, 0.25) is 0 Å². The van der Waals surface area contributed by atoms with E-state index < -0.39 is 0 Å². The van der Waals surface area contributed by atoms with Gasteiger partial charge in [-0.05, 0) is 30.9 Å². The van der Waals surface area contributed by atoms with Gasteiger partial charge in [0.05, 0.1) is 5.69 Å². The minimum absolute atomic E-state index is 0.315. The van der Waals surface area contributed by atoms with Gasteiger partial charge in [0, 0.05) is 24.2 Å². The van der Waals surface area contributed by atoms with Crippen molar-refractivity contribution in [1.82, 2.24) is 20.1 Å². The summed E-state index contributed by atoms with van der Waals surface area (Å²) in [6.45, 7) is 7.83. The second-order valence-electron chi connectivity index (χ2n) is 6.36. The summed E-state index contributed by atoms with van der Waals surface area (Å²) < 4.78 is 1.83. The van der Waals surface area contributed by atoms with E-state index in [2.05, 4.69) is 31.2 Å². The summed E-state index contributed by atoms with van der Waals surface area (Å²) in [6, 6.07) is 2.48. The van der Waals surface area contributed by atoms with E-state index in [1.807, 2.05) is 24.0 Å². The summed E-state index contributed by atoms with van der Waals surface area (Å²) in [5.41, 5.74) is 2.56. The Bertz CT molecular complexity index is 611. The maximum absolute atomic E-state index is 4.87. The fourth-order valence-corrected chi connectivity index (χ4v) is 4.11. The average molecular weight is 290 g/mol. The topological polar surface area (TPSA) is 42.7 Å². The van der Waals surface area contributed by atoms with Crippen molar-refractivity contribution >= 4 is 11.3 Å². The van der Waals surface area contributed by atoms with Crippen LogP contribution in [0.25, 0.3) is 10.7 Å². The Morgan fingerprint density at radius 3 is 2.95 bits per heavy atom. The van der Waals surface area contributed by atoms with E-state index in [-0.39, 0.29) is 0 Å². The molecular weight excluding hydrogens is 268 g/mol. The first kappa shape index (κ1) is 13.8. The molecule has 2 aromatic rings. The average Bonchev–Trinajstić information content (AvgIpc) is 2.94. The Hall–Kier alpha value is -1.20. The third-order valence-electron chi connectivity index (χ3n) is 3.83. The van der Waals surface area contributed by atoms with Crippen LogP contribution in [0.15, 0.2) is 12.3 Å². The molecule has 0 bridgehead atoms. The molecule has 4 nitrogen and oxygen atoms in total. The van der Waals surface area contributed by atoms with Gasteiger partial charge in [-0.15, -0.1) is 11.3 Å². The molecule has 20 heavy (non-hydrogen) atoms. The minimum atomic E-state index is 0.315. The van der Waals surface area contributed by atoms with Crippen LogP contribution in [0.3, 0.4) is 0 Å². The number of nitrogens with zero attached hydrogens (tertiary/aromatic N) is 3. The van der Waals surface area contributed by atoms with Crippen molar-refractivity contribution in [3.05, 3.63) is 22.8 Å². The lowest BCUT2D eigenvalue weighted by molar-refractivity contribution is 0.260. The molecule has 1 atom stereocenters. The summed E-state index contributed by atoms with van der Waals surface area (Å²) in [6.07, 6.45) is 4.21. The standard InChI is InChI=1S/C15H22N4S/c1-5-16-11-8-15(2,3)9-12-13(11)20-14(17-12)10-6-7-19(4)18-10/h6-7,11,16H,5,8-9H2,1-4H3. The Kier molecular flexibility index (Phi) is 3.42. The van der Waals surface area contributed by atoms with Crippen LogP contribution in [-0.4, -0.2) is 21.3 Å². The van der Waals surface area contributed by atoms with Gasteiger partial charge in [-0.3, -0.25) is 4.68 Å². The monoisotopic (exact) mass is 290 g/mol. The van der Waals surface area contributed by atoms with Gasteiger partial charge in [0.15, 0.2) is 0 Å². The molecule has 0 radical (unpaired) electrons. The molecule has 0 amide bonds. The summed E-state index contributed by atoms with van der Waals surface area (Å²) in [4.78, 5) is 6.27. The fraction of sp³-hybridized carbons (Fsp3) is 0.600. The maximum Gasteiger partial charge on any atom is 0.144 e. The van der Waals surface area contributed by atoms with Crippen molar-refractivity contribution in [3.8, 4) is 10.7 Å². The largest absolute Gasteiger partial charge is 0.309 e. The minimum Gasteiger partial charge on any atom is -0.309 e. The van der Waals surface area contributed by atoms with E-state index in [4.69, 9.17) is 4.98 Å². The molecule has 1 unspecified atom stereocenters. The van der Waals surface area contributed by atoms with Crippen molar-refractivity contribution in [1.29, 1.82) is 0 Å². The molecule has 3 rings (SSSR count). The molecule has 108 valence electrons. The fourth-order valence-electron chi connectivity index (χ4n) is 2.98. The summed E-state index contributed by atoms with van der Waals surface area (Å²) in [5.74, 6) is 0. The van der Waals surface area contributed by atoms with Gasteiger partial charge >= 0.3 is 0 Å². The van der Waals surface area contributed by atoms with Crippen LogP contribution in [0.2, 0.25) is 0 Å². The summed E-state index contributed by atoms with van der Waals surface area (Å²) in [5, 5.41) is 9.14. The Morgan fingerprint density at radius 2 is 2.30 bits per heavy atom. The predicted molar refractivity (Wildman–Crippen MR) is 82.8 cm³/mol. The van der Waals surface area contributed by atoms with Crippen LogP contribution in [0.5, 0.6) is 0 Å². The van der Waals surface area contributed by atoms with Crippen LogP contribution < -0.4 is 5.32 Å². The lowest BCUT2D eigenvalue weighted by Gasteiger charge is -2.34. The lowest BCUT2D eigenvalue weighted by Crippen LogP contribution is -2.32. The van der Waals surface area contributed by atoms with Gasteiger partial charge < -0.3 is 5.32 Å². The molecule has 5 heteroatoms. The molecule has 0 aliphatic heterocycles. The molecule has 1 aliphatic rings. The zero-order chi connectivity index (χ0) is 14.3. The Labute approximate surface area is 124 Å². The molecule has 2 heterocycles. The van der Waals surface area contributed by atoms with Crippen molar-refractivity contribution < 1.29 is 0 Å². The number of thiazole rings is 1. The van der Waals surface area contributed by atoms with E-state index in [9.17, 15) is 0 Å². The van der Waals surface area contributed by atoms with Crippen molar-refractivity contribution in [2.24, 2.45) is 12.5 Å². The predicted octanol–water partition coefficient (Wildman–Crippen LogP) is 3.17. The zero-order valence-electron chi connectivity index (χ0n) is 12.6. The summed E-state index contributed by atoms with van der Waals surface area (Å²) in [7, 11) is 1.95. The van der Waals surface area contributed by atoms with Crippen LogP contribution in [-0.2, 0) is 13.5 Å². The van der Waals surface area contributed by atoms with E-state index in [1.54, 1.807) is 11.3 Å². The number of aryl methyl sites for hydroxylation is 1. The molecule has 2 aromatic heterocycles. The molecule has 0 fully saturated rings.